The number of hydrogen-bond acceptors (Lipinski definition) is 3. The fourth-order valence-electron chi connectivity index (χ4n) is 1.72. The van der Waals surface area contributed by atoms with E-state index >= 15 is 0 Å². The second-order valence-electron chi connectivity index (χ2n) is 3.85. The van der Waals surface area contributed by atoms with Crippen LogP contribution in [0.15, 0.2) is 24.3 Å². The summed E-state index contributed by atoms with van der Waals surface area (Å²) in [6.45, 7) is 3.27. The number of ether oxygens (including phenoxy) is 2. The molecule has 0 unspecified atom stereocenters. The van der Waals surface area contributed by atoms with E-state index in [1.165, 1.54) is 5.56 Å². The van der Waals surface area contributed by atoms with Crippen molar-refractivity contribution in [2.75, 3.05) is 13.2 Å². The Labute approximate surface area is 95.4 Å². The highest BCUT2D eigenvalue weighted by Gasteiger charge is 2.20. The Bertz CT molecular complexity index is 350. The monoisotopic (exact) mass is 220 g/mol. The van der Waals surface area contributed by atoms with Gasteiger partial charge in [0.25, 0.3) is 0 Å². The third-order valence-electron chi connectivity index (χ3n) is 2.73. The SMILES string of the molecule is CCc1ccc(C(=O)CC2OCCO2)cc1. The predicted molar refractivity (Wildman–Crippen MR) is 60.5 cm³/mol. The average Bonchev–Trinajstić information content (AvgIpc) is 2.82. The van der Waals surface area contributed by atoms with Crippen LogP contribution < -0.4 is 0 Å². The van der Waals surface area contributed by atoms with Crippen molar-refractivity contribution in [3.05, 3.63) is 35.4 Å². The quantitative estimate of drug-likeness (QED) is 0.730. The van der Waals surface area contributed by atoms with E-state index in [4.69, 9.17) is 9.47 Å². The minimum atomic E-state index is -0.349. The van der Waals surface area contributed by atoms with Crippen molar-refractivity contribution in [2.45, 2.75) is 26.1 Å². The Morgan fingerprint density at radius 3 is 2.44 bits per heavy atom. The lowest BCUT2D eigenvalue weighted by Crippen LogP contribution is -2.14. The Balaban J connectivity index is 1.97. The zero-order chi connectivity index (χ0) is 11.4. The van der Waals surface area contributed by atoms with Gasteiger partial charge in [-0.3, -0.25) is 4.79 Å². The van der Waals surface area contributed by atoms with Crippen LogP contribution in [0.1, 0.15) is 29.3 Å². The normalized spacial score (nSPS) is 16.6. The van der Waals surface area contributed by atoms with Gasteiger partial charge in [-0.15, -0.1) is 0 Å². The summed E-state index contributed by atoms with van der Waals surface area (Å²) in [6, 6.07) is 7.72. The van der Waals surface area contributed by atoms with Crippen molar-refractivity contribution in [3.63, 3.8) is 0 Å². The molecule has 3 heteroatoms. The van der Waals surface area contributed by atoms with E-state index in [2.05, 4.69) is 6.92 Å². The fourth-order valence-corrected chi connectivity index (χ4v) is 1.72. The van der Waals surface area contributed by atoms with Crippen molar-refractivity contribution in [3.8, 4) is 0 Å². The molecule has 1 aliphatic rings. The number of rotatable bonds is 4. The van der Waals surface area contributed by atoms with Gasteiger partial charge in [-0.25, -0.2) is 0 Å². The highest BCUT2D eigenvalue weighted by atomic mass is 16.7. The summed E-state index contributed by atoms with van der Waals surface area (Å²) in [4.78, 5) is 11.8. The van der Waals surface area contributed by atoms with Crippen LogP contribution >= 0.6 is 0 Å². The van der Waals surface area contributed by atoms with E-state index in [-0.39, 0.29) is 12.1 Å². The van der Waals surface area contributed by atoms with Gasteiger partial charge in [-0.1, -0.05) is 31.2 Å². The molecule has 1 heterocycles. The first-order valence-corrected chi connectivity index (χ1v) is 5.65. The third-order valence-corrected chi connectivity index (χ3v) is 2.73. The predicted octanol–water partition coefficient (Wildman–Crippen LogP) is 2.19. The van der Waals surface area contributed by atoms with Crippen LogP contribution in [-0.2, 0) is 15.9 Å². The van der Waals surface area contributed by atoms with Crippen molar-refractivity contribution >= 4 is 5.78 Å². The molecule has 0 saturated carbocycles. The van der Waals surface area contributed by atoms with Gasteiger partial charge in [0, 0.05) is 5.56 Å². The summed E-state index contributed by atoms with van der Waals surface area (Å²) in [7, 11) is 0. The number of ketones is 1. The first-order valence-electron chi connectivity index (χ1n) is 5.65. The molecule has 86 valence electrons. The molecule has 0 bridgehead atoms. The van der Waals surface area contributed by atoms with Crippen LogP contribution in [0.25, 0.3) is 0 Å². The second kappa shape index (κ2) is 5.23. The van der Waals surface area contributed by atoms with E-state index in [1.807, 2.05) is 24.3 Å². The zero-order valence-electron chi connectivity index (χ0n) is 9.44. The zero-order valence-corrected chi connectivity index (χ0v) is 9.44. The smallest absolute Gasteiger partial charge is 0.167 e. The van der Waals surface area contributed by atoms with Crippen LogP contribution in [0.2, 0.25) is 0 Å². The maximum atomic E-state index is 11.8. The van der Waals surface area contributed by atoms with E-state index in [9.17, 15) is 4.79 Å². The molecule has 1 aromatic rings. The van der Waals surface area contributed by atoms with Crippen molar-refractivity contribution in [1.29, 1.82) is 0 Å². The molecule has 0 N–H and O–H groups in total. The summed E-state index contributed by atoms with van der Waals surface area (Å²) in [5, 5.41) is 0. The average molecular weight is 220 g/mol. The number of carbonyl (C=O) groups is 1. The molecular formula is C13H16O3. The van der Waals surface area contributed by atoms with Gasteiger partial charge in [0.15, 0.2) is 12.1 Å². The van der Waals surface area contributed by atoms with Crippen LogP contribution in [-0.4, -0.2) is 25.3 Å². The van der Waals surface area contributed by atoms with E-state index in [0.717, 1.165) is 12.0 Å². The highest BCUT2D eigenvalue weighted by Crippen LogP contribution is 2.13. The Morgan fingerprint density at radius 1 is 1.25 bits per heavy atom. The molecule has 16 heavy (non-hydrogen) atoms. The third kappa shape index (κ3) is 2.68. The molecule has 1 saturated heterocycles. The molecule has 0 amide bonds. The first kappa shape index (κ1) is 11.3. The molecule has 1 fully saturated rings. The largest absolute Gasteiger partial charge is 0.350 e. The highest BCUT2D eigenvalue weighted by molar-refractivity contribution is 5.96. The number of aryl methyl sites for hydroxylation is 1. The lowest BCUT2D eigenvalue weighted by molar-refractivity contribution is -0.0407. The standard InChI is InChI=1S/C13H16O3/c1-2-10-3-5-11(6-4-10)12(14)9-13-15-7-8-16-13/h3-6,13H,2,7-9H2,1H3. The minimum absolute atomic E-state index is 0.0783. The van der Waals surface area contributed by atoms with Crippen LogP contribution in [0, 0.1) is 0 Å². The Hall–Kier alpha value is -1.19. The van der Waals surface area contributed by atoms with Crippen molar-refractivity contribution < 1.29 is 14.3 Å². The summed E-state index contributed by atoms with van der Waals surface area (Å²) in [6.07, 6.45) is 0.952. The van der Waals surface area contributed by atoms with Gasteiger partial charge in [0.2, 0.25) is 0 Å². The van der Waals surface area contributed by atoms with E-state index in [0.29, 0.717) is 19.6 Å². The van der Waals surface area contributed by atoms with E-state index in [1.54, 1.807) is 0 Å². The molecule has 0 aromatic heterocycles. The Morgan fingerprint density at radius 2 is 1.88 bits per heavy atom. The molecule has 1 aliphatic heterocycles. The summed E-state index contributed by atoms with van der Waals surface area (Å²) in [5.74, 6) is 0.0783. The summed E-state index contributed by atoms with van der Waals surface area (Å²) < 4.78 is 10.5. The first-order chi connectivity index (χ1) is 7.79. The van der Waals surface area contributed by atoms with Crippen molar-refractivity contribution in [2.24, 2.45) is 0 Å². The van der Waals surface area contributed by atoms with Gasteiger partial charge in [-0.2, -0.15) is 0 Å². The van der Waals surface area contributed by atoms with Gasteiger partial charge >= 0.3 is 0 Å². The van der Waals surface area contributed by atoms with Crippen LogP contribution in [0.3, 0.4) is 0 Å². The molecule has 0 aliphatic carbocycles. The molecular weight excluding hydrogens is 204 g/mol. The lowest BCUT2D eigenvalue weighted by atomic mass is 10.0. The molecule has 1 aromatic carbocycles. The fraction of sp³-hybridized carbons (Fsp3) is 0.462. The topological polar surface area (TPSA) is 35.5 Å². The van der Waals surface area contributed by atoms with Gasteiger partial charge < -0.3 is 9.47 Å². The number of Topliss-reactive ketones (excluding diaryl/α,β-unsaturated/α-hetero) is 1. The van der Waals surface area contributed by atoms with E-state index < -0.39 is 0 Å². The Kier molecular flexibility index (Phi) is 3.70. The molecule has 3 nitrogen and oxygen atoms in total. The molecule has 0 spiro atoms. The molecule has 0 radical (unpaired) electrons. The van der Waals surface area contributed by atoms with Crippen molar-refractivity contribution in [1.82, 2.24) is 0 Å². The summed E-state index contributed by atoms with van der Waals surface area (Å²) >= 11 is 0. The number of hydrogen-bond donors (Lipinski definition) is 0. The second-order valence-corrected chi connectivity index (χ2v) is 3.85. The summed E-state index contributed by atoms with van der Waals surface area (Å²) in [5.41, 5.74) is 1.97. The number of carbonyl (C=O) groups excluding carboxylic acids is 1. The van der Waals surface area contributed by atoms with Crippen LogP contribution in [0.4, 0.5) is 0 Å². The minimum Gasteiger partial charge on any atom is -0.350 e. The molecule has 2 rings (SSSR count). The van der Waals surface area contributed by atoms with Gasteiger partial charge in [0.05, 0.1) is 19.6 Å². The maximum absolute atomic E-state index is 11.8. The van der Waals surface area contributed by atoms with Gasteiger partial charge in [-0.05, 0) is 12.0 Å². The number of benzene rings is 1. The lowest BCUT2D eigenvalue weighted by Gasteiger charge is -2.08. The van der Waals surface area contributed by atoms with Crippen LogP contribution in [0.5, 0.6) is 0 Å². The molecule has 0 atom stereocenters. The maximum Gasteiger partial charge on any atom is 0.167 e. The van der Waals surface area contributed by atoms with Gasteiger partial charge in [0.1, 0.15) is 0 Å².